The molecular formula is C27H23F2N3O2. The van der Waals surface area contributed by atoms with E-state index in [0.29, 0.717) is 35.1 Å². The summed E-state index contributed by atoms with van der Waals surface area (Å²) in [6.07, 6.45) is 2.00. The monoisotopic (exact) mass is 459 g/mol. The van der Waals surface area contributed by atoms with Crippen molar-refractivity contribution in [3.8, 4) is 11.6 Å². The van der Waals surface area contributed by atoms with Gasteiger partial charge >= 0.3 is 0 Å². The van der Waals surface area contributed by atoms with Crippen molar-refractivity contribution in [2.45, 2.75) is 13.0 Å². The highest BCUT2D eigenvalue weighted by molar-refractivity contribution is 5.92. The molecule has 4 aromatic rings. The van der Waals surface area contributed by atoms with Crippen molar-refractivity contribution in [3.05, 3.63) is 101 Å². The minimum absolute atomic E-state index is 0.322. The predicted octanol–water partition coefficient (Wildman–Crippen LogP) is 5.08. The number of halogens is 2. The molecule has 0 bridgehead atoms. The number of primary amides is 1. The molecule has 5 nitrogen and oxygen atoms in total. The van der Waals surface area contributed by atoms with E-state index in [4.69, 9.17) is 10.5 Å². The predicted molar refractivity (Wildman–Crippen MR) is 126 cm³/mol. The number of nitrogens with zero attached hydrogens (tertiary/aromatic N) is 2. The molecule has 0 atom stereocenters. The lowest BCUT2D eigenvalue weighted by molar-refractivity contribution is 0.0924. The number of nitrogens with two attached hydrogens (primary N) is 1. The number of hydrogen-bond donors (Lipinski definition) is 1. The van der Waals surface area contributed by atoms with Crippen molar-refractivity contribution in [2.75, 3.05) is 13.1 Å². The summed E-state index contributed by atoms with van der Waals surface area (Å²) in [5.41, 5.74) is 7.33. The molecule has 1 aliphatic rings. The Labute approximate surface area is 195 Å². The number of likely N-dealkylation sites (tertiary alicyclic amines) is 1. The van der Waals surface area contributed by atoms with Crippen molar-refractivity contribution in [3.63, 3.8) is 0 Å². The number of rotatable bonds is 7. The van der Waals surface area contributed by atoms with Gasteiger partial charge in [0.05, 0.1) is 5.56 Å². The van der Waals surface area contributed by atoms with Gasteiger partial charge in [0.1, 0.15) is 17.4 Å². The van der Waals surface area contributed by atoms with Gasteiger partial charge in [0.15, 0.2) is 0 Å². The van der Waals surface area contributed by atoms with Gasteiger partial charge in [0, 0.05) is 43.4 Å². The molecule has 5 rings (SSSR count). The Morgan fingerprint density at radius 1 is 1.00 bits per heavy atom. The van der Waals surface area contributed by atoms with Crippen LogP contribution in [0, 0.1) is 17.6 Å². The fourth-order valence-electron chi connectivity index (χ4n) is 4.45. The first-order valence-electron chi connectivity index (χ1n) is 11.1. The summed E-state index contributed by atoms with van der Waals surface area (Å²) in [5.74, 6) is -0.158. The summed E-state index contributed by atoms with van der Waals surface area (Å²) in [4.78, 5) is 17.7. The lowest BCUT2D eigenvalue weighted by atomic mass is 9.91. The number of amides is 1. The number of hydrogen-bond acceptors (Lipinski definition) is 4. The molecule has 3 aromatic carbocycles. The second kappa shape index (κ2) is 9.19. The molecule has 1 amide bonds. The number of carbonyl (C=O) groups is 1. The lowest BCUT2D eigenvalue weighted by Gasteiger charge is -2.39. The molecule has 1 fully saturated rings. The molecule has 1 saturated heterocycles. The van der Waals surface area contributed by atoms with E-state index in [2.05, 4.69) is 22.0 Å². The van der Waals surface area contributed by atoms with Crippen LogP contribution in [-0.2, 0) is 13.0 Å². The Morgan fingerprint density at radius 2 is 1.79 bits per heavy atom. The largest absolute Gasteiger partial charge is 0.438 e. The van der Waals surface area contributed by atoms with Crippen LogP contribution in [0.1, 0.15) is 21.5 Å². The molecular weight excluding hydrogens is 436 g/mol. The van der Waals surface area contributed by atoms with Gasteiger partial charge in [-0.05, 0) is 47.1 Å². The average Bonchev–Trinajstić information content (AvgIpc) is 2.80. The van der Waals surface area contributed by atoms with Gasteiger partial charge in [-0.1, -0.05) is 36.4 Å². The van der Waals surface area contributed by atoms with E-state index < -0.39 is 17.5 Å². The molecule has 2 heterocycles. The first kappa shape index (κ1) is 22.0. The summed E-state index contributed by atoms with van der Waals surface area (Å²) in [7, 11) is 0. The number of ether oxygens (including phenoxy) is 1. The van der Waals surface area contributed by atoms with E-state index in [0.717, 1.165) is 36.5 Å². The molecule has 0 unspecified atom stereocenters. The van der Waals surface area contributed by atoms with Gasteiger partial charge < -0.3 is 10.5 Å². The van der Waals surface area contributed by atoms with E-state index in [9.17, 15) is 13.6 Å². The Hall–Kier alpha value is -3.84. The number of benzene rings is 3. The van der Waals surface area contributed by atoms with Gasteiger partial charge in [-0.15, -0.1) is 0 Å². The van der Waals surface area contributed by atoms with Crippen molar-refractivity contribution >= 4 is 16.7 Å². The fourth-order valence-corrected chi connectivity index (χ4v) is 4.45. The standard InChI is InChI=1S/C27H23F2N3O2/c28-21-9-7-18(24(29)12-21)11-17-14-32(15-17)16-20-3-1-5-23-22(20)4-2-6-25(23)34-26-10-8-19(13-31-26)27(30)33/h1-10,12-13,17H,11,14-16H2,(H2,30,33). The Morgan fingerprint density at radius 3 is 2.53 bits per heavy atom. The molecule has 7 heteroatoms. The van der Waals surface area contributed by atoms with Gasteiger partial charge in [-0.25, -0.2) is 13.8 Å². The van der Waals surface area contributed by atoms with Crippen LogP contribution in [0.15, 0.2) is 72.9 Å². The molecule has 172 valence electrons. The van der Waals surface area contributed by atoms with Gasteiger partial charge in [-0.3, -0.25) is 9.69 Å². The highest BCUT2D eigenvalue weighted by Gasteiger charge is 2.28. The second-order valence-electron chi connectivity index (χ2n) is 8.62. The summed E-state index contributed by atoms with van der Waals surface area (Å²) in [6.45, 7) is 2.49. The molecule has 2 N–H and O–H groups in total. The van der Waals surface area contributed by atoms with Crippen LogP contribution in [-0.4, -0.2) is 28.9 Å². The molecule has 1 aromatic heterocycles. The number of pyridine rings is 1. The zero-order valence-corrected chi connectivity index (χ0v) is 18.4. The molecule has 1 aliphatic heterocycles. The minimum atomic E-state index is -0.547. The molecule has 0 spiro atoms. The molecule has 0 aliphatic carbocycles. The van der Waals surface area contributed by atoms with Crippen molar-refractivity contribution in [2.24, 2.45) is 11.7 Å². The minimum Gasteiger partial charge on any atom is -0.438 e. The highest BCUT2D eigenvalue weighted by atomic mass is 19.1. The average molecular weight is 459 g/mol. The van der Waals surface area contributed by atoms with Crippen LogP contribution in [0.5, 0.6) is 11.6 Å². The molecule has 0 radical (unpaired) electrons. The fraction of sp³-hybridized carbons (Fsp3) is 0.185. The van der Waals surface area contributed by atoms with Crippen LogP contribution in [0.25, 0.3) is 10.8 Å². The maximum Gasteiger partial charge on any atom is 0.250 e. The Kier molecular flexibility index (Phi) is 5.94. The summed E-state index contributed by atoms with van der Waals surface area (Å²) in [5, 5.41) is 2.05. The van der Waals surface area contributed by atoms with E-state index in [1.54, 1.807) is 12.1 Å². The van der Waals surface area contributed by atoms with Crippen LogP contribution in [0.4, 0.5) is 8.78 Å². The topological polar surface area (TPSA) is 68.5 Å². The number of fused-ring (bicyclic) bond motifs is 1. The van der Waals surface area contributed by atoms with Crippen molar-refractivity contribution in [1.82, 2.24) is 9.88 Å². The van der Waals surface area contributed by atoms with Gasteiger partial charge in [-0.2, -0.15) is 0 Å². The van der Waals surface area contributed by atoms with Crippen molar-refractivity contribution in [1.29, 1.82) is 0 Å². The second-order valence-corrected chi connectivity index (χ2v) is 8.62. The first-order valence-corrected chi connectivity index (χ1v) is 11.1. The third kappa shape index (κ3) is 4.61. The first-order chi connectivity index (χ1) is 16.5. The lowest BCUT2D eigenvalue weighted by Crippen LogP contribution is -2.46. The Bertz CT molecular complexity index is 1350. The SMILES string of the molecule is NC(=O)c1ccc(Oc2cccc3c(CN4CC(Cc5ccc(F)cc5F)C4)cccc23)nc1. The number of carbonyl (C=O) groups excluding carboxylic acids is 1. The highest BCUT2D eigenvalue weighted by Crippen LogP contribution is 2.33. The van der Waals surface area contributed by atoms with Gasteiger partial charge in [0.2, 0.25) is 11.8 Å². The Balaban J connectivity index is 1.27. The van der Waals surface area contributed by atoms with Crippen LogP contribution < -0.4 is 10.5 Å². The van der Waals surface area contributed by atoms with Crippen LogP contribution in [0.3, 0.4) is 0 Å². The zero-order valence-electron chi connectivity index (χ0n) is 18.4. The molecule has 34 heavy (non-hydrogen) atoms. The quantitative estimate of drug-likeness (QED) is 0.419. The van der Waals surface area contributed by atoms with Crippen LogP contribution in [0.2, 0.25) is 0 Å². The van der Waals surface area contributed by atoms with Crippen molar-refractivity contribution < 1.29 is 18.3 Å². The van der Waals surface area contributed by atoms with E-state index in [1.165, 1.54) is 23.9 Å². The summed E-state index contributed by atoms with van der Waals surface area (Å²) in [6, 6.07) is 19.0. The third-order valence-electron chi connectivity index (χ3n) is 6.16. The maximum absolute atomic E-state index is 13.9. The maximum atomic E-state index is 13.9. The van der Waals surface area contributed by atoms with E-state index in [-0.39, 0.29) is 0 Å². The summed E-state index contributed by atoms with van der Waals surface area (Å²) < 4.78 is 33.1. The molecule has 0 saturated carbocycles. The zero-order chi connectivity index (χ0) is 23.7. The number of aromatic nitrogens is 1. The van der Waals surface area contributed by atoms with Gasteiger partial charge in [0.25, 0.3) is 0 Å². The van der Waals surface area contributed by atoms with Crippen LogP contribution >= 0.6 is 0 Å². The smallest absolute Gasteiger partial charge is 0.250 e. The third-order valence-corrected chi connectivity index (χ3v) is 6.16. The van der Waals surface area contributed by atoms with E-state index in [1.807, 2.05) is 24.3 Å². The van der Waals surface area contributed by atoms with E-state index >= 15 is 0 Å². The summed E-state index contributed by atoms with van der Waals surface area (Å²) >= 11 is 0. The normalized spacial score (nSPS) is 14.2.